The van der Waals surface area contributed by atoms with Gasteiger partial charge in [0.15, 0.2) is 0 Å². The van der Waals surface area contributed by atoms with Gasteiger partial charge < -0.3 is 4.74 Å². The van der Waals surface area contributed by atoms with Crippen molar-refractivity contribution in [3.63, 3.8) is 0 Å². The smallest absolute Gasteiger partial charge is 0.312 e. The van der Waals surface area contributed by atoms with E-state index >= 15 is 0 Å². The predicted octanol–water partition coefficient (Wildman–Crippen LogP) is 5.54. The third kappa shape index (κ3) is 2.57. The van der Waals surface area contributed by atoms with Crippen LogP contribution in [-0.2, 0) is 9.53 Å². The molecule has 0 aliphatic heterocycles. The maximum atomic E-state index is 13.2. The maximum Gasteiger partial charge on any atom is 0.312 e. The molecule has 3 aliphatic carbocycles. The predicted molar refractivity (Wildman–Crippen MR) is 98.5 cm³/mol. The Morgan fingerprint density at radius 1 is 1.33 bits per heavy atom. The molecule has 2 fully saturated rings. The fourth-order valence-electron chi connectivity index (χ4n) is 6.09. The highest BCUT2D eigenvalue weighted by Gasteiger charge is 2.63. The molecule has 0 aromatic rings. The Kier molecular flexibility index (Phi) is 4.70. The van der Waals surface area contributed by atoms with Gasteiger partial charge in [0, 0.05) is 0 Å². The molecule has 2 saturated carbocycles. The van der Waals surface area contributed by atoms with Crippen LogP contribution in [0.2, 0.25) is 0 Å². The lowest BCUT2D eigenvalue weighted by molar-refractivity contribution is -0.171. The summed E-state index contributed by atoms with van der Waals surface area (Å²) in [6.07, 6.45) is 12.7. The molecule has 0 aromatic heterocycles. The number of carbonyl (C=O) groups excluding carboxylic acids is 1. The largest absolute Gasteiger partial charge is 0.466 e. The van der Waals surface area contributed by atoms with Crippen molar-refractivity contribution >= 4 is 5.97 Å². The van der Waals surface area contributed by atoms with Gasteiger partial charge in [-0.05, 0) is 75.0 Å². The summed E-state index contributed by atoms with van der Waals surface area (Å²) < 4.78 is 5.66. The minimum absolute atomic E-state index is 0.0931. The Bertz CT molecular complexity index is 558. The molecule has 0 amide bonds. The summed E-state index contributed by atoms with van der Waals surface area (Å²) in [5.74, 6) is 2.04. The van der Waals surface area contributed by atoms with E-state index in [4.69, 9.17) is 4.74 Å². The number of fused-ring (bicyclic) bond motifs is 3. The highest BCUT2D eigenvalue weighted by molar-refractivity contribution is 5.78. The van der Waals surface area contributed by atoms with Gasteiger partial charge in [-0.3, -0.25) is 4.79 Å². The summed E-state index contributed by atoms with van der Waals surface area (Å²) in [7, 11) is 0. The second-order valence-electron chi connectivity index (χ2n) is 8.99. The zero-order valence-corrected chi connectivity index (χ0v) is 16.1. The van der Waals surface area contributed by atoms with Crippen LogP contribution >= 0.6 is 0 Å². The molecule has 0 bridgehead atoms. The maximum absolute atomic E-state index is 13.2. The number of ether oxygens (including phenoxy) is 1. The van der Waals surface area contributed by atoms with Crippen LogP contribution in [0.4, 0.5) is 0 Å². The van der Waals surface area contributed by atoms with Gasteiger partial charge in [0.1, 0.15) is 0 Å². The molecule has 0 radical (unpaired) electrons. The molecule has 3 rings (SSSR count). The van der Waals surface area contributed by atoms with E-state index in [2.05, 4.69) is 45.9 Å². The minimum Gasteiger partial charge on any atom is -0.466 e. The third-order valence-electron chi connectivity index (χ3n) is 7.38. The summed E-state index contributed by atoms with van der Waals surface area (Å²) in [5, 5.41) is 0. The van der Waals surface area contributed by atoms with Crippen molar-refractivity contribution in [2.24, 2.45) is 34.5 Å². The van der Waals surface area contributed by atoms with Crippen molar-refractivity contribution in [2.75, 3.05) is 6.61 Å². The van der Waals surface area contributed by atoms with Crippen LogP contribution in [0, 0.1) is 34.5 Å². The van der Waals surface area contributed by atoms with E-state index < -0.39 is 0 Å². The standard InChI is InChI=1S/C22H34O2/c1-6-24-20(23)22-14-13-21(5)12-11-16(4)7-8-18(21)19(22)10-9-17(22)15(2)3/h7-8,11,15,17-19H,6,9-10,12-14H2,1-5H3/t17-,18+,19+,21-,22+/m1/s1. The van der Waals surface area contributed by atoms with Crippen molar-refractivity contribution in [3.05, 3.63) is 23.8 Å². The fraction of sp³-hybridized carbons (Fsp3) is 0.773. The van der Waals surface area contributed by atoms with Crippen LogP contribution in [0.1, 0.15) is 66.7 Å². The molecule has 3 aliphatic rings. The van der Waals surface area contributed by atoms with Crippen LogP contribution < -0.4 is 0 Å². The van der Waals surface area contributed by atoms with E-state index in [0.717, 1.165) is 19.3 Å². The van der Waals surface area contributed by atoms with E-state index in [0.29, 0.717) is 35.7 Å². The molecule has 24 heavy (non-hydrogen) atoms. The van der Waals surface area contributed by atoms with Gasteiger partial charge in [-0.1, -0.05) is 44.6 Å². The van der Waals surface area contributed by atoms with Crippen molar-refractivity contribution in [2.45, 2.75) is 66.7 Å². The van der Waals surface area contributed by atoms with Gasteiger partial charge in [-0.2, -0.15) is 0 Å². The molecule has 134 valence electrons. The summed E-state index contributed by atoms with van der Waals surface area (Å²) in [4.78, 5) is 13.2. The van der Waals surface area contributed by atoms with E-state index in [1.807, 2.05) is 6.92 Å². The molecule has 0 spiro atoms. The van der Waals surface area contributed by atoms with Crippen LogP contribution in [0.25, 0.3) is 0 Å². The molecular weight excluding hydrogens is 296 g/mol. The first kappa shape index (κ1) is 17.8. The summed E-state index contributed by atoms with van der Waals surface area (Å²) >= 11 is 0. The zero-order valence-electron chi connectivity index (χ0n) is 16.1. The van der Waals surface area contributed by atoms with Crippen molar-refractivity contribution in [1.82, 2.24) is 0 Å². The van der Waals surface area contributed by atoms with Crippen molar-refractivity contribution in [3.8, 4) is 0 Å². The Balaban J connectivity index is 2.03. The zero-order chi connectivity index (χ0) is 17.5. The number of allylic oxidation sites excluding steroid dienone is 4. The molecule has 0 saturated heterocycles. The third-order valence-corrected chi connectivity index (χ3v) is 7.38. The van der Waals surface area contributed by atoms with Gasteiger partial charge in [-0.15, -0.1) is 0 Å². The quantitative estimate of drug-likeness (QED) is 0.635. The first-order chi connectivity index (χ1) is 11.3. The highest BCUT2D eigenvalue weighted by Crippen LogP contribution is 2.65. The van der Waals surface area contributed by atoms with Crippen LogP contribution in [0.15, 0.2) is 23.8 Å². The van der Waals surface area contributed by atoms with E-state index in [-0.39, 0.29) is 11.4 Å². The van der Waals surface area contributed by atoms with Gasteiger partial charge in [0.2, 0.25) is 0 Å². The lowest BCUT2D eigenvalue weighted by Gasteiger charge is -2.53. The Labute approximate surface area is 147 Å². The minimum atomic E-state index is -0.253. The SMILES string of the molecule is CCOC(=O)[C@]12CC[C@@]3(C)CC=C(C)C=C[C@H]3[C@@H]1CC[C@@H]2C(C)C. The second kappa shape index (κ2) is 6.35. The van der Waals surface area contributed by atoms with Gasteiger partial charge in [-0.25, -0.2) is 0 Å². The molecule has 0 aromatic carbocycles. The normalized spacial score (nSPS) is 41.4. The Hall–Kier alpha value is -1.05. The van der Waals surface area contributed by atoms with Crippen LogP contribution in [0.3, 0.4) is 0 Å². The number of carbonyl (C=O) groups is 1. The number of rotatable bonds is 3. The van der Waals surface area contributed by atoms with E-state index in [1.165, 1.54) is 18.4 Å². The van der Waals surface area contributed by atoms with Gasteiger partial charge >= 0.3 is 5.97 Å². The fourth-order valence-corrected chi connectivity index (χ4v) is 6.09. The first-order valence-corrected chi connectivity index (χ1v) is 9.87. The lowest BCUT2D eigenvalue weighted by atomic mass is 9.50. The number of hydrogen-bond donors (Lipinski definition) is 0. The van der Waals surface area contributed by atoms with E-state index in [1.54, 1.807) is 0 Å². The lowest BCUT2D eigenvalue weighted by Crippen LogP contribution is -2.52. The summed E-state index contributed by atoms with van der Waals surface area (Å²) in [5.41, 5.74) is 1.41. The topological polar surface area (TPSA) is 26.3 Å². The highest BCUT2D eigenvalue weighted by atomic mass is 16.5. The molecular formula is C22H34O2. The first-order valence-electron chi connectivity index (χ1n) is 9.87. The Morgan fingerprint density at radius 3 is 2.75 bits per heavy atom. The molecule has 2 nitrogen and oxygen atoms in total. The summed E-state index contributed by atoms with van der Waals surface area (Å²) in [6, 6.07) is 0. The number of hydrogen-bond acceptors (Lipinski definition) is 2. The second-order valence-corrected chi connectivity index (χ2v) is 8.99. The molecule has 5 atom stereocenters. The van der Waals surface area contributed by atoms with Crippen LogP contribution in [0.5, 0.6) is 0 Å². The van der Waals surface area contributed by atoms with E-state index in [9.17, 15) is 4.79 Å². The molecule has 0 unspecified atom stereocenters. The van der Waals surface area contributed by atoms with Crippen LogP contribution in [-0.4, -0.2) is 12.6 Å². The average Bonchev–Trinajstić information content (AvgIpc) is 2.86. The molecule has 2 heteroatoms. The molecule has 0 N–H and O–H groups in total. The van der Waals surface area contributed by atoms with Crippen molar-refractivity contribution in [1.29, 1.82) is 0 Å². The Morgan fingerprint density at radius 2 is 2.08 bits per heavy atom. The monoisotopic (exact) mass is 330 g/mol. The summed E-state index contributed by atoms with van der Waals surface area (Å²) in [6.45, 7) is 11.6. The van der Waals surface area contributed by atoms with Gasteiger partial charge in [0.05, 0.1) is 12.0 Å². The average molecular weight is 331 g/mol. The van der Waals surface area contributed by atoms with Gasteiger partial charge in [0.25, 0.3) is 0 Å². The number of esters is 1. The molecule has 0 heterocycles. The van der Waals surface area contributed by atoms with Crippen molar-refractivity contribution < 1.29 is 9.53 Å².